The van der Waals surface area contributed by atoms with Crippen molar-refractivity contribution in [3.63, 3.8) is 0 Å². The van der Waals surface area contributed by atoms with Crippen LogP contribution in [0, 0.1) is 0 Å². The molecule has 3 aromatic carbocycles. The molecular weight excluding hydrogens is 402 g/mol. The van der Waals surface area contributed by atoms with Gasteiger partial charge in [0.15, 0.2) is 5.78 Å². The molecule has 2 N–H and O–H groups in total. The van der Waals surface area contributed by atoms with Crippen LogP contribution in [0.25, 0.3) is 0 Å². The van der Waals surface area contributed by atoms with Gasteiger partial charge in [-0.15, -0.1) is 0 Å². The molecule has 0 radical (unpaired) electrons. The molecule has 0 fully saturated rings. The van der Waals surface area contributed by atoms with Crippen LogP contribution in [0.5, 0.6) is 5.75 Å². The number of ether oxygens (including phenoxy) is 1. The van der Waals surface area contributed by atoms with E-state index in [-0.39, 0.29) is 30.8 Å². The summed E-state index contributed by atoms with van der Waals surface area (Å²) in [6.45, 7) is 4.15. The zero-order valence-electron chi connectivity index (χ0n) is 18.5. The Bertz CT molecular complexity index is 1060. The lowest BCUT2D eigenvalue weighted by Crippen LogP contribution is -2.26. The molecule has 5 heteroatoms. The van der Waals surface area contributed by atoms with Gasteiger partial charge in [-0.05, 0) is 54.8 Å². The van der Waals surface area contributed by atoms with Crippen LogP contribution in [0.15, 0.2) is 72.8 Å². The number of Topliss-reactive ketones (excluding diaryl/α,β-unsaturated/α-hetero) is 1. The smallest absolute Gasteiger partial charge is 0.251 e. The summed E-state index contributed by atoms with van der Waals surface area (Å²) in [5, 5.41) is 11.7. The Hall–Kier alpha value is -3.44. The van der Waals surface area contributed by atoms with Gasteiger partial charge in [-0.25, -0.2) is 0 Å². The number of carbonyl (C=O) groups excluding carboxylic acids is 2. The van der Waals surface area contributed by atoms with E-state index < -0.39 is 0 Å². The van der Waals surface area contributed by atoms with Crippen LogP contribution in [-0.2, 0) is 6.61 Å². The lowest BCUT2D eigenvalue weighted by molar-refractivity contribution is 0.0944. The van der Waals surface area contributed by atoms with E-state index in [0.29, 0.717) is 17.7 Å². The minimum Gasteiger partial charge on any atom is -0.489 e. The van der Waals surface area contributed by atoms with E-state index in [9.17, 15) is 9.59 Å². The second kappa shape index (κ2) is 11.3. The molecule has 1 atom stereocenters. The van der Waals surface area contributed by atoms with Gasteiger partial charge in [0.05, 0.1) is 6.61 Å². The molecule has 166 valence electrons. The fourth-order valence-corrected chi connectivity index (χ4v) is 3.71. The Morgan fingerprint density at radius 2 is 1.75 bits per heavy atom. The number of carbonyl (C=O) groups is 2. The number of benzene rings is 3. The van der Waals surface area contributed by atoms with E-state index in [2.05, 4.69) is 12.2 Å². The SMILES string of the molecule is CCC(c1cccc(C(=O)NCCO)c1)c1cc(C(C)=O)ccc1OCc1ccccc1. The first-order chi connectivity index (χ1) is 15.5. The van der Waals surface area contributed by atoms with Gasteiger partial charge in [0.25, 0.3) is 5.91 Å². The number of rotatable bonds is 10. The van der Waals surface area contributed by atoms with Crippen LogP contribution < -0.4 is 10.1 Å². The number of amides is 1. The monoisotopic (exact) mass is 431 g/mol. The van der Waals surface area contributed by atoms with Crippen molar-refractivity contribution in [3.05, 3.63) is 101 Å². The molecule has 1 unspecified atom stereocenters. The Kier molecular flexibility index (Phi) is 8.17. The molecular formula is C27H29NO4. The zero-order valence-corrected chi connectivity index (χ0v) is 18.5. The summed E-state index contributed by atoms with van der Waals surface area (Å²) in [4.78, 5) is 24.4. The lowest BCUT2D eigenvalue weighted by Gasteiger charge is -2.21. The lowest BCUT2D eigenvalue weighted by atomic mass is 9.86. The van der Waals surface area contributed by atoms with Gasteiger partial charge in [0.2, 0.25) is 0 Å². The third-order valence-electron chi connectivity index (χ3n) is 5.39. The summed E-state index contributed by atoms with van der Waals surface area (Å²) in [6.07, 6.45) is 0.769. The Morgan fingerprint density at radius 1 is 0.969 bits per heavy atom. The normalized spacial score (nSPS) is 11.6. The fraction of sp³-hybridized carbons (Fsp3) is 0.259. The highest BCUT2D eigenvalue weighted by Gasteiger charge is 2.20. The van der Waals surface area contributed by atoms with Crippen LogP contribution in [0.3, 0.4) is 0 Å². The largest absolute Gasteiger partial charge is 0.489 e. The first kappa shape index (κ1) is 23.2. The second-order valence-corrected chi connectivity index (χ2v) is 7.65. The van der Waals surface area contributed by atoms with E-state index in [1.165, 1.54) is 0 Å². The molecule has 0 aromatic heterocycles. The van der Waals surface area contributed by atoms with Crippen LogP contribution >= 0.6 is 0 Å². The average Bonchev–Trinajstić information content (AvgIpc) is 2.83. The van der Waals surface area contributed by atoms with Crippen molar-refractivity contribution in [2.45, 2.75) is 32.8 Å². The van der Waals surface area contributed by atoms with Gasteiger partial charge in [0, 0.05) is 29.2 Å². The summed E-state index contributed by atoms with van der Waals surface area (Å²) < 4.78 is 6.17. The summed E-state index contributed by atoms with van der Waals surface area (Å²) in [6, 6.07) is 22.9. The predicted octanol–water partition coefficient (Wildman–Crippen LogP) is 4.73. The number of nitrogens with one attached hydrogen (secondary N) is 1. The quantitative estimate of drug-likeness (QED) is 0.455. The van der Waals surface area contributed by atoms with E-state index in [0.717, 1.165) is 28.9 Å². The molecule has 5 nitrogen and oxygen atoms in total. The van der Waals surface area contributed by atoms with E-state index in [4.69, 9.17) is 9.84 Å². The van der Waals surface area contributed by atoms with Crippen molar-refractivity contribution >= 4 is 11.7 Å². The summed E-state index contributed by atoms with van der Waals surface area (Å²) in [5.41, 5.74) is 4.11. The van der Waals surface area contributed by atoms with Crippen molar-refractivity contribution in [2.75, 3.05) is 13.2 Å². The van der Waals surface area contributed by atoms with Crippen molar-refractivity contribution in [2.24, 2.45) is 0 Å². The van der Waals surface area contributed by atoms with Gasteiger partial charge in [-0.1, -0.05) is 49.4 Å². The third kappa shape index (κ3) is 5.83. The highest BCUT2D eigenvalue weighted by atomic mass is 16.5. The van der Waals surface area contributed by atoms with Crippen LogP contribution in [0.2, 0.25) is 0 Å². The van der Waals surface area contributed by atoms with Crippen LogP contribution in [0.4, 0.5) is 0 Å². The minimum absolute atomic E-state index is 0.00663. The van der Waals surface area contributed by atoms with Gasteiger partial charge in [0.1, 0.15) is 12.4 Å². The van der Waals surface area contributed by atoms with Crippen molar-refractivity contribution < 1.29 is 19.4 Å². The topological polar surface area (TPSA) is 75.6 Å². The maximum absolute atomic E-state index is 12.4. The maximum Gasteiger partial charge on any atom is 0.251 e. The summed E-state index contributed by atoms with van der Waals surface area (Å²) >= 11 is 0. The molecule has 1 amide bonds. The molecule has 0 bridgehead atoms. The molecule has 0 aliphatic carbocycles. The Labute approximate surface area is 189 Å². The van der Waals surface area contributed by atoms with Crippen molar-refractivity contribution in [3.8, 4) is 5.75 Å². The number of hydrogen-bond donors (Lipinski definition) is 2. The molecule has 0 aliphatic heterocycles. The van der Waals surface area contributed by atoms with E-state index in [1.807, 2.05) is 60.7 Å². The predicted molar refractivity (Wildman–Crippen MR) is 125 cm³/mol. The van der Waals surface area contributed by atoms with Crippen LogP contribution in [0.1, 0.15) is 63.6 Å². The highest BCUT2D eigenvalue weighted by Crippen LogP contribution is 2.36. The first-order valence-electron chi connectivity index (χ1n) is 10.8. The molecule has 3 rings (SSSR count). The van der Waals surface area contributed by atoms with Gasteiger partial charge >= 0.3 is 0 Å². The fourth-order valence-electron chi connectivity index (χ4n) is 3.71. The number of hydrogen-bond acceptors (Lipinski definition) is 4. The molecule has 0 saturated heterocycles. The summed E-state index contributed by atoms with van der Waals surface area (Å²) in [5.74, 6) is 0.438. The first-order valence-corrected chi connectivity index (χ1v) is 10.8. The zero-order chi connectivity index (χ0) is 22.9. The highest BCUT2D eigenvalue weighted by molar-refractivity contribution is 5.95. The molecule has 0 spiro atoms. The van der Waals surface area contributed by atoms with Gasteiger partial charge in [-0.2, -0.15) is 0 Å². The Morgan fingerprint density at radius 3 is 2.44 bits per heavy atom. The molecule has 0 saturated carbocycles. The summed E-state index contributed by atoms with van der Waals surface area (Å²) in [7, 11) is 0. The third-order valence-corrected chi connectivity index (χ3v) is 5.39. The number of aliphatic hydroxyl groups excluding tert-OH is 1. The average molecular weight is 432 g/mol. The van der Waals surface area contributed by atoms with Gasteiger partial charge in [-0.3, -0.25) is 9.59 Å². The van der Waals surface area contributed by atoms with Crippen molar-refractivity contribution in [1.29, 1.82) is 0 Å². The number of ketones is 1. The standard InChI is InChI=1S/C27H29NO4/c1-3-24(22-10-7-11-23(16-22)27(31)28-14-15-29)25-17-21(19(2)30)12-13-26(25)32-18-20-8-5-4-6-9-20/h4-13,16-17,24,29H,3,14-15,18H2,1-2H3,(H,28,31). The molecule has 0 heterocycles. The van der Waals surface area contributed by atoms with Crippen LogP contribution in [-0.4, -0.2) is 29.9 Å². The van der Waals surface area contributed by atoms with Gasteiger partial charge < -0.3 is 15.2 Å². The number of aliphatic hydroxyl groups is 1. The molecule has 3 aromatic rings. The molecule has 0 aliphatic rings. The maximum atomic E-state index is 12.4. The minimum atomic E-state index is -0.228. The molecule has 32 heavy (non-hydrogen) atoms. The van der Waals surface area contributed by atoms with E-state index in [1.54, 1.807) is 19.1 Å². The van der Waals surface area contributed by atoms with E-state index >= 15 is 0 Å². The van der Waals surface area contributed by atoms with Crippen molar-refractivity contribution in [1.82, 2.24) is 5.32 Å². The Balaban J connectivity index is 1.96. The second-order valence-electron chi connectivity index (χ2n) is 7.65.